The van der Waals surface area contributed by atoms with Crippen LogP contribution < -0.4 is 15.1 Å². The smallest absolute Gasteiger partial charge is 0.148 e. The summed E-state index contributed by atoms with van der Waals surface area (Å²) in [5.41, 5.74) is 6.00. The Hall–Kier alpha value is -2.63. The van der Waals surface area contributed by atoms with Crippen LogP contribution >= 0.6 is 0 Å². The summed E-state index contributed by atoms with van der Waals surface area (Å²) in [6.07, 6.45) is 14.0. The summed E-state index contributed by atoms with van der Waals surface area (Å²) in [5, 5.41) is 3.74. The van der Waals surface area contributed by atoms with Crippen molar-refractivity contribution < 1.29 is 9.13 Å². The summed E-state index contributed by atoms with van der Waals surface area (Å²) >= 11 is 0. The molecule has 2 aromatic rings. The van der Waals surface area contributed by atoms with E-state index in [-0.39, 0.29) is 5.82 Å². The van der Waals surface area contributed by atoms with Crippen LogP contribution in [0, 0.1) is 5.82 Å². The van der Waals surface area contributed by atoms with Crippen molar-refractivity contribution in [3.05, 3.63) is 71.7 Å². The van der Waals surface area contributed by atoms with E-state index in [1.807, 2.05) is 23.2 Å². The van der Waals surface area contributed by atoms with E-state index in [9.17, 15) is 0 Å². The van der Waals surface area contributed by atoms with Crippen molar-refractivity contribution in [2.75, 3.05) is 29.5 Å². The number of anilines is 2. The average molecular weight is 474 g/mol. The molecule has 35 heavy (non-hydrogen) atoms. The fourth-order valence-electron chi connectivity index (χ4n) is 5.91. The van der Waals surface area contributed by atoms with Gasteiger partial charge in [0, 0.05) is 61.0 Å². The Balaban J connectivity index is 1.12. The summed E-state index contributed by atoms with van der Waals surface area (Å²) in [7, 11) is 0. The zero-order valence-electron chi connectivity index (χ0n) is 20.5. The number of halogens is 1. The van der Waals surface area contributed by atoms with Crippen LogP contribution in [0.3, 0.4) is 0 Å². The van der Waals surface area contributed by atoms with E-state index in [0.717, 1.165) is 55.9 Å². The van der Waals surface area contributed by atoms with Crippen molar-refractivity contribution in [2.24, 2.45) is 0 Å². The minimum atomic E-state index is -0.164. The van der Waals surface area contributed by atoms with Crippen LogP contribution in [0.4, 0.5) is 15.8 Å². The van der Waals surface area contributed by atoms with Crippen molar-refractivity contribution in [2.45, 2.75) is 69.6 Å². The normalized spacial score (nSPS) is 24.2. The Morgan fingerprint density at radius 1 is 1.03 bits per heavy atom. The van der Waals surface area contributed by atoms with Gasteiger partial charge in [-0.05, 0) is 74.3 Å². The molecule has 1 aliphatic carbocycles. The summed E-state index contributed by atoms with van der Waals surface area (Å²) in [4.78, 5) is 4.18. The zero-order valence-corrected chi connectivity index (χ0v) is 20.5. The molecule has 0 aromatic heterocycles. The first-order valence-electron chi connectivity index (χ1n) is 13.4. The maximum Gasteiger partial charge on any atom is 0.148 e. The predicted octanol–water partition coefficient (Wildman–Crippen LogP) is 6.12. The number of rotatable bonds is 7. The van der Waals surface area contributed by atoms with E-state index in [1.165, 1.54) is 43.2 Å². The standard InChI is InChI=1S/C30H36FN3O/c1-21-28-11-8-22(7-10-27-6-3-17-35-27)18-23(28)13-16-34(21)26-9-12-30(29(31)19-26)33-15-14-25(20-33)32-24-4-2-5-24/h8-9,11-13,16,18-19,24-25,27,32H,1-7,10,14-15,17,20H2. The van der Waals surface area contributed by atoms with Crippen LogP contribution in [0.2, 0.25) is 0 Å². The molecule has 184 valence electrons. The van der Waals surface area contributed by atoms with E-state index in [0.29, 0.717) is 23.9 Å². The molecular formula is C30H36FN3O. The van der Waals surface area contributed by atoms with Crippen molar-refractivity contribution in [3.63, 3.8) is 0 Å². The highest BCUT2D eigenvalue weighted by Crippen LogP contribution is 2.36. The SMILES string of the molecule is C=C1c2ccc(CCC3CCCO3)cc2C=CN1c1ccc(N2CCC(NC3CCC3)C2)c(F)c1. The lowest BCUT2D eigenvalue weighted by Crippen LogP contribution is -2.43. The summed E-state index contributed by atoms with van der Waals surface area (Å²) in [5.74, 6) is -0.164. The first-order valence-corrected chi connectivity index (χ1v) is 13.4. The monoisotopic (exact) mass is 473 g/mol. The van der Waals surface area contributed by atoms with Gasteiger partial charge in [-0.1, -0.05) is 31.2 Å². The molecule has 3 fully saturated rings. The van der Waals surface area contributed by atoms with Gasteiger partial charge in [0.15, 0.2) is 0 Å². The molecule has 0 radical (unpaired) electrons. The lowest BCUT2D eigenvalue weighted by molar-refractivity contribution is 0.104. The highest BCUT2D eigenvalue weighted by Gasteiger charge is 2.28. The van der Waals surface area contributed by atoms with E-state index >= 15 is 4.39 Å². The fourth-order valence-corrected chi connectivity index (χ4v) is 5.91. The molecule has 1 N–H and O–H groups in total. The van der Waals surface area contributed by atoms with Crippen LogP contribution in [-0.4, -0.2) is 37.9 Å². The van der Waals surface area contributed by atoms with Gasteiger partial charge in [-0.3, -0.25) is 0 Å². The number of fused-ring (bicyclic) bond motifs is 1. The molecule has 3 heterocycles. The first kappa shape index (κ1) is 22.8. The van der Waals surface area contributed by atoms with Crippen LogP contribution in [0.1, 0.15) is 61.6 Å². The van der Waals surface area contributed by atoms with Gasteiger partial charge >= 0.3 is 0 Å². The largest absolute Gasteiger partial charge is 0.378 e. The van der Waals surface area contributed by atoms with Gasteiger partial charge in [0.25, 0.3) is 0 Å². The lowest BCUT2D eigenvalue weighted by atomic mass is 9.92. The summed E-state index contributed by atoms with van der Waals surface area (Å²) in [6.45, 7) is 7.04. The van der Waals surface area contributed by atoms with Gasteiger partial charge in [-0.15, -0.1) is 0 Å². The van der Waals surface area contributed by atoms with E-state index in [2.05, 4.69) is 41.1 Å². The molecule has 6 rings (SSSR count). The molecular weight excluding hydrogens is 437 g/mol. The van der Waals surface area contributed by atoms with Crippen LogP contribution in [0.5, 0.6) is 0 Å². The predicted molar refractivity (Wildman–Crippen MR) is 142 cm³/mol. The topological polar surface area (TPSA) is 27.7 Å². The van der Waals surface area contributed by atoms with Gasteiger partial charge in [0.2, 0.25) is 0 Å². The molecule has 1 saturated carbocycles. The molecule has 3 aliphatic heterocycles. The van der Waals surface area contributed by atoms with Gasteiger partial charge in [-0.25, -0.2) is 4.39 Å². The molecule has 0 bridgehead atoms. The van der Waals surface area contributed by atoms with Crippen molar-refractivity contribution in [3.8, 4) is 0 Å². The highest BCUT2D eigenvalue weighted by atomic mass is 19.1. The molecule has 0 amide bonds. The third kappa shape index (κ3) is 4.76. The minimum absolute atomic E-state index is 0.164. The highest BCUT2D eigenvalue weighted by molar-refractivity contribution is 5.89. The molecule has 5 heteroatoms. The number of hydrogen-bond acceptors (Lipinski definition) is 4. The number of ether oxygens (including phenoxy) is 1. The Labute approximate surface area is 208 Å². The van der Waals surface area contributed by atoms with Crippen molar-refractivity contribution in [1.29, 1.82) is 0 Å². The second-order valence-electron chi connectivity index (χ2n) is 10.6. The molecule has 2 saturated heterocycles. The molecule has 2 aromatic carbocycles. The van der Waals surface area contributed by atoms with Crippen LogP contribution in [-0.2, 0) is 11.2 Å². The van der Waals surface area contributed by atoms with Gasteiger partial charge < -0.3 is 19.9 Å². The minimum Gasteiger partial charge on any atom is -0.378 e. The van der Waals surface area contributed by atoms with Crippen molar-refractivity contribution >= 4 is 23.1 Å². The van der Waals surface area contributed by atoms with E-state index < -0.39 is 0 Å². The number of benzene rings is 2. The van der Waals surface area contributed by atoms with Gasteiger partial charge in [0.05, 0.1) is 11.8 Å². The zero-order chi connectivity index (χ0) is 23.8. The van der Waals surface area contributed by atoms with Gasteiger partial charge in [0.1, 0.15) is 5.82 Å². The molecule has 0 spiro atoms. The van der Waals surface area contributed by atoms with Crippen LogP contribution in [0.15, 0.2) is 49.2 Å². The Bertz CT molecular complexity index is 1120. The maximum atomic E-state index is 15.3. The Morgan fingerprint density at radius 3 is 2.71 bits per heavy atom. The molecule has 2 unspecified atom stereocenters. The summed E-state index contributed by atoms with van der Waals surface area (Å²) in [6, 6.07) is 13.3. The number of hydrogen-bond donors (Lipinski definition) is 1. The Morgan fingerprint density at radius 2 is 1.94 bits per heavy atom. The molecule has 2 atom stereocenters. The fraction of sp³-hybridized carbons (Fsp3) is 0.467. The average Bonchev–Trinajstić information content (AvgIpc) is 3.53. The summed E-state index contributed by atoms with van der Waals surface area (Å²) < 4.78 is 21.0. The van der Waals surface area contributed by atoms with E-state index in [4.69, 9.17) is 4.74 Å². The second-order valence-corrected chi connectivity index (χ2v) is 10.6. The quantitative estimate of drug-likeness (QED) is 0.524. The number of aryl methyl sites for hydroxylation is 1. The van der Waals surface area contributed by atoms with Gasteiger partial charge in [-0.2, -0.15) is 0 Å². The molecule has 4 nitrogen and oxygen atoms in total. The molecule has 4 aliphatic rings. The number of nitrogens with one attached hydrogen (secondary N) is 1. The van der Waals surface area contributed by atoms with Crippen LogP contribution in [0.25, 0.3) is 11.8 Å². The maximum absolute atomic E-state index is 15.3. The Kier molecular flexibility index (Phi) is 6.38. The second kappa shape index (κ2) is 9.79. The van der Waals surface area contributed by atoms with Crippen molar-refractivity contribution in [1.82, 2.24) is 5.32 Å². The first-order chi connectivity index (χ1) is 17.1. The number of nitrogens with zero attached hydrogens (tertiary/aromatic N) is 2. The third-order valence-corrected chi connectivity index (χ3v) is 8.21. The lowest BCUT2D eigenvalue weighted by Gasteiger charge is -2.30. The van der Waals surface area contributed by atoms with E-state index in [1.54, 1.807) is 6.07 Å². The third-order valence-electron chi connectivity index (χ3n) is 8.21.